The molecule has 2 aliphatic heterocycles. The number of benzene rings is 5. The van der Waals surface area contributed by atoms with E-state index < -0.39 is 23.6 Å². The second-order valence-electron chi connectivity index (χ2n) is 11.1. The van der Waals surface area contributed by atoms with Crippen molar-refractivity contribution < 1.29 is 19.2 Å². The van der Waals surface area contributed by atoms with Crippen LogP contribution in [0.25, 0.3) is 22.3 Å². The van der Waals surface area contributed by atoms with E-state index in [1.165, 1.54) is 0 Å². The number of nitrogens with two attached hydrogens (primary N) is 2. The van der Waals surface area contributed by atoms with Gasteiger partial charge in [-0.05, 0) is 108 Å². The normalized spacial score (nSPS) is 14.0. The van der Waals surface area contributed by atoms with E-state index in [1.54, 1.807) is 86.6 Å². The van der Waals surface area contributed by atoms with Gasteiger partial charge in [-0.25, -0.2) is 9.80 Å². The fraction of sp³-hybridized carbons (Fsp3) is 0.0556. The second kappa shape index (κ2) is 9.78. The maximum atomic E-state index is 13.6. The van der Waals surface area contributed by atoms with Crippen LogP contribution in [0.1, 0.15) is 52.6 Å². The summed E-state index contributed by atoms with van der Waals surface area (Å²) in [5.41, 5.74) is 19.4. The van der Waals surface area contributed by atoms with E-state index in [0.717, 1.165) is 32.1 Å². The van der Waals surface area contributed by atoms with Crippen molar-refractivity contribution in [3.05, 3.63) is 130 Å². The molecule has 214 valence electrons. The molecule has 2 heterocycles. The first-order valence-corrected chi connectivity index (χ1v) is 14.0. The molecule has 0 fully saturated rings. The molecule has 8 heteroatoms. The van der Waals surface area contributed by atoms with Crippen LogP contribution in [0, 0.1) is 13.8 Å². The van der Waals surface area contributed by atoms with Crippen LogP contribution >= 0.6 is 0 Å². The number of fused-ring (bicyclic) bond motifs is 2. The minimum atomic E-state index is -0.437. The van der Waals surface area contributed by atoms with E-state index in [-0.39, 0.29) is 0 Å². The molecule has 44 heavy (non-hydrogen) atoms. The molecule has 2 aliphatic rings. The zero-order valence-electron chi connectivity index (χ0n) is 23.9. The molecule has 7 rings (SSSR count). The predicted molar refractivity (Wildman–Crippen MR) is 171 cm³/mol. The highest BCUT2D eigenvalue weighted by Gasteiger charge is 2.40. The van der Waals surface area contributed by atoms with Gasteiger partial charge >= 0.3 is 0 Å². The van der Waals surface area contributed by atoms with Crippen molar-refractivity contribution in [2.45, 2.75) is 13.8 Å². The van der Waals surface area contributed by atoms with Crippen molar-refractivity contribution in [3.63, 3.8) is 0 Å². The van der Waals surface area contributed by atoms with Gasteiger partial charge in [-0.1, -0.05) is 36.4 Å². The molecular formula is C36H26N4O4. The van der Waals surface area contributed by atoms with Gasteiger partial charge in [0.25, 0.3) is 23.6 Å². The van der Waals surface area contributed by atoms with Crippen LogP contribution in [0.3, 0.4) is 0 Å². The van der Waals surface area contributed by atoms with Crippen LogP contribution in [0.2, 0.25) is 0 Å². The molecular weight excluding hydrogens is 552 g/mol. The van der Waals surface area contributed by atoms with Gasteiger partial charge in [0, 0.05) is 11.4 Å². The average molecular weight is 579 g/mol. The predicted octanol–water partition coefficient (Wildman–Crippen LogP) is 6.40. The lowest BCUT2D eigenvalue weighted by atomic mass is 10.00. The zero-order chi connectivity index (χ0) is 30.9. The van der Waals surface area contributed by atoms with Gasteiger partial charge < -0.3 is 11.5 Å². The van der Waals surface area contributed by atoms with E-state index >= 15 is 0 Å². The Balaban J connectivity index is 1.21. The number of hydrogen-bond donors (Lipinski definition) is 2. The largest absolute Gasteiger partial charge is 0.399 e. The number of hydrogen-bond acceptors (Lipinski definition) is 6. The Hall–Kier alpha value is -6.02. The molecule has 0 aliphatic carbocycles. The van der Waals surface area contributed by atoms with Crippen LogP contribution in [-0.4, -0.2) is 23.6 Å². The topological polar surface area (TPSA) is 127 Å². The Morgan fingerprint density at radius 2 is 0.727 bits per heavy atom. The van der Waals surface area contributed by atoms with Crippen molar-refractivity contribution in [1.82, 2.24) is 0 Å². The van der Waals surface area contributed by atoms with E-state index in [2.05, 4.69) is 0 Å². The van der Waals surface area contributed by atoms with Gasteiger partial charge in [-0.3, -0.25) is 19.2 Å². The lowest BCUT2D eigenvalue weighted by molar-refractivity contribution is 0.0909. The third-order valence-corrected chi connectivity index (χ3v) is 8.26. The van der Waals surface area contributed by atoms with Gasteiger partial charge in [-0.15, -0.1) is 0 Å². The Labute approximate surface area is 253 Å². The summed E-state index contributed by atoms with van der Waals surface area (Å²) in [6.07, 6.45) is 0. The molecule has 8 nitrogen and oxygen atoms in total. The van der Waals surface area contributed by atoms with Gasteiger partial charge in [0.2, 0.25) is 0 Å². The third kappa shape index (κ3) is 4.07. The van der Waals surface area contributed by atoms with Crippen molar-refractivity contribution in [3.8, 4) is 22.3 Å². The zero-order valence-corrected chi connectivity index (χ0v) is 23.9. The number of rotatable bonds is 4. The third-order valence-electron chi connectivity index (χ3n) is 8.26. The van der Waals surface area contributed by atoms with Crippen molar-refractivity contribution >= 4 is 46.4 Å². The molecule has 0 saturated heterocycles. The monoisotopic (exact) mass is 578 g/mol. The van der Waals surface area contributed by atoms with Crippen molar-refractivity contribution in [2.24, 2.45) is 0 Å². The van der Waals surface area contributed by atoms with Crippen molar-refractivity contribution in [1.29, 1.82) is 0 Å². The van der Waals surface area contributed by atoms with Crippen molar-refractivity contribution in [2.75, 3.05) is 21.3 Å². The summed E-state index contributed by atoms with van der Waals surface area (Å²) in [5, 5.41) is 0. The Kier molecular flexibility index (Phi) is 5.97. The van der Waals surface area contributed by atoms with E-state index in [9.17, 15) is 19.2 Å². The summed E-state index contributed by atoms with van der Waals surface area (Å²) in [7, 11) is 0. The fourth-order valence-corrected chi connectivity index (χ4v) is 5.90. The molecule has 4 N–H and O–H groups in total. The smallest absolute Gasteiger partial charge is 0.266 e. The highest BCUT2D eigenvalue weighted by atomic mass is 16.2. The fourth-order valence-electron chi connectivity index (χ4n) is 5.90. The summed E-state index contributed by atoms with van der Waals surface area (Å²) >= 11 is 0. The summed E-state index contributed by atoms with van der Waals surface area (Å²) in [4.78, 5) is 56.6. The maximum Gasteiger partial charge on any atom is 0.266 e. The number of imide groups is 2. The molecule has 0 spiro atoms. The minimum absolute atomic E-state index is 0.308. The first kappa shape index (κ1) is 26.9. The molecule has 0 saturated carbocycles. The highest BCUT2D eigenvalue weighted by molar-refractivity contribution is 6.36. The number of nitrogens with zero attached hydrogens (tertiary/aromatic N) is 2. The molecule has 0 atom stereocenters. The van der Waals surface area contributed by atoms with Crippen LogP contribution < -0.4 is 21.3 Å². The van der Waals surface area contributed by atoms with Gasteiger partial charge in [0.15, 0.2) is 0 Å². The lowest BCUT2D eigenvalue weighted by Gasteiger charge is -2.22. The SMILES string of the molecule is Cc1cc(N2C(=O)c3ccc(-c4ccc(N)cc4)cc3C2=O)c(C)cc1N1C(=O)c2ccc(-c3ccc(N)cc3)cc2C1=O. The summed E-state index contributed by atoms with van der Waals surface area (Å²) in [5.74, 6) is -1.73. The maximum absolute atomic E-state index is 13.6. The summed E-state index contributed by atoms with van der Waals surface area (Å²) < 4.78 is 0. The number of nitrogen functional groups attached to an aromatic ring is 2. The molecule has 0 bridgehead atoms. The van der Waals surface area contributed by atoms with Crippen LogP contribution in [0.4, 0.5) is 22.7 Å². The second-order valence-corrected chi connectivity index (χ2v) is 11.1. The summed E-state index contributed by atoms with van der Waals surface area (Å²) in [6.45, 7) is 3.50. The van der Waals surface area contributed by atoms with E-state index in [1.807, 2.05) is 24.3 Å². The van der Waals surface area contributed by atoms with Crippen LogP contribution in [0.15, 0.2) is 97.1 Å². The van der Waals surface area contributed by atoms with Gasteiger partial charge in [-0.2, -0.15) is 0 Å². The standard InChI is InChI=1S/C36H26N4O4/c1-19-15-32(40-34(42)28-14-8-24(18-30(28)36(40)44)22-5-11-26(38)12-6-22)20(2)16-31(19)39-33(41)27-13-7-23(17-29(27)35(39)43)21-3-9-25(37)10-4-21/h3-18H,37-38H2,1-2H3. The Bertz CT molecular complexity index is 1930. The van der Waals surface area contributed by atoms with E-state index in [4.69, 9.17) is 11.5 Å². The lowest BCUT2D eigenvalue weighted by Crippen LogP contribution is -2.32. The van der Waals surface area contributed by atoms with Crippen LogP contribution in [0.5, 0.6) is 0 Å². The van der Waals surface area contributed by atoms with E-state index in [0.29, 0.717) is 56.1 Å². The molecule has 0 radical (unpaired) electrons. The summed E-state index contributed by atoms with van der Waals surface area (Å²) in [6, 6.07) is 28.3. The number of carbonyl (C=O) groups excluding carboxylic acids is 4. The molecule has 5 aromatic carbocycles. The molecule has 4 amide bonds. The number of aryl methyl sites for hydroxylation is 2. The first-order valence-electron chi connectivity index (χ1n) is 14.0. The number of amides is 4. The van der Waals surface area contributed by atoms with Gasteiger partial charge in [0.05, 0.1) is 33.6 Å². The minimum Gasteiger partial charge on any atom is -0.399 e. The quantitative estimate of drug-likeness (QED) is 0.188. The van der Waals surface area contributed by atoms with Crippen LogP contribution in [-0.2, 0) is 0 Å². The first-order chi connectivity index (χ1) is 21.1. The average Bonchev–Trinajstić information content (AvgIpc) is 3.42. The molecule has 0 aromatic heterocycles. The Morgan fingerprint density at radius 1 is 0.409 bits per heavy atom. The highest BCUT2D eigenvalue weighted by Crippen LogP contribution is 2.39. The van der Waals surface area contributed by atoms with Gasteiger partial charge in [0.1, 0.15) is 0 Å². The number of anilines is 4. The number of carbonyl (C=O) groups is 4. The molecule has 5 aromatic rings. The molecule has 0 unspecified atom stereocenters. The Morgan fingerprint density at radius 3 is 1.09 bits per heavy atom.